The normalized spacial score (nSPS) is 13.9. The summed E-state index contributed by atoms with van der Waals surface area (Å²) in [6.45, 7) is 6.84. The second-order valence-electron chi connectivity index (χ2n) is 2.66. The summed E-state index contributed by atoms with van der Waals surface area (Å²) in [6, 6.07) is 0.400. The van der Waals surface area contributed by atoms with E-state index in [2.05, 4.69) is 18.7 Å². The van der Waals surface area contributed by atoms with Crippen LogP contribution in [-0.2, 0) is 4.74 Å². The van der Waals surface area contributed by atoms with Crippen LogP contribution in [0.5, 0.6) is 0 Å². The smallest absolute Gasteiger partial charge is 0.0615 e. The minimum absolute atomic E-state index is 0.224. The van der Waals surface area contributed by atoms with Gasteiger partial charge in [0, 0.05) is 19.7 Å². The van der Waals surface area contributed by atoms with E-state index >= 15 is 0 Å². The molecule has 0 spiro atoms. The van der Waals surface area contributed by atoms with Gasteiger partial charge in [-0.15, -0.1) is 0 Å². The number of nitrogens with zero attached hydrogens (tertiary/aromatic N) is 1. The van der Waals surface area contributed by atoms with E-state index < -0.39 is 0 Å². The van der Waals surface area contributed by atoms with E-state index in [0.29, 0.717) is 6.04 Å². The number of methoxy groups -OCH3 is 1. The van der Waals surface area contributed by atoms with Crippen LogP contribution in [-0.4, -0.2) is 49.5 Å². The molecule has 0 aliphatic heterocycles. The first-order valence-electron chi connectivity index (χ1n) is 4.10. The largest absolute Gasteiger partial charge is 0.395 e. The van der Waals surface area contributed by atoms with Gasteiger partial charge in [0.15, 0.2) is 0 Å². The molecule has 0 aromatic carbocycles. The third-order valence-corrected chi connectivity index (χ3v) is 1.82. The van der Waals surface area contributed by atoms with Crippen molar-refractivity contribution in [3.05, 3.63) is 0 Å². The van der Waals surface area contributed by atoms with E-state index in [1.54, 1.807) is 7.11 Å². The molecule has 0 aromatic rings. The van der Waals surface area contributed by atoms with E-state index in [0.717, 1.165) is 19.7 Å². The zero-order chi connectivity index (χ0) is 8.69. The van der Waals surface area contributed by atoms with Crippen molar-refractivity contribution in [1.29, 1.82) is 0 Å². The zero-order valence-electron chi connectivity index (χ0n) is 7.71. The van der Waals surface area contributed by atoms with Crippen molar-refractivity contribution < 1.29 is 9.84 Å². The van der Waals surface area contributed by atoms with Crippen molar-refractivity contribution in [3.8, 4) is 0 Å². The van der Waals surface area contributed by atoms with Gasteiger partial charge in [-0.3, -0.25) is 4.90 Å². The molecule has 11 heavy (non-hydrogen) atoms. The lowest BCUT2D eigenvalue weighted by Gasteiger charge is -2.26. The summed E-state index contributed by atoms with van der Waals surface area (Å²) in [5.41, 5.74) is 0. The molecule has 0 radical (unpaired) electrons. The second-order valence-corrected chi connectivity index (χ2v) is 2.66. The van der Waals surface area contributed by atoms with Crippen LogP contribution in [0.15, 0.2) is 0 Å². The number of aliphatic hydroxyl groups excluding tert-OH is 1. The molecule has 0 aliphatic rings. The van der Waals surface area contributed by atoms with Crippen molar-refractivity contribution >= 4 is 0 Å². The number of likely N-dealkylation sites (N-methyl/N-ethyl adjacent to an activating group) is 1. The molecule has 1 N–H and O–H groups in total. The highest BCUT2D eigenvalue weighted by Gasteiger charge is 2.09. The Labute approximate surface area is 69.0 Å². The first-order chi connectivity index (χ1) is 5.26. The molecule has 0 bridgehead atoms. The van der Waals surface area contributed by atoms with Gasteiger partial charge in [0.2, 0.25) is 0 Å². The van der Waals surface area contributed by atoms with E-state index in [4.69, 9.17) is 9.84 Å². The number of ether oxygens (including phenoxy) is 1. The molecule has 0 amide bonds. The lowest BCUT2D eigenvalue weighted by Crippen LogP contribution is -2.37. The van der Waals surface area contributed by atoms with E-state index in [1.165, 1.54) is 0 Å². The minimum Gasteiger partial charge on any atom is -0.395 e. The third kappa shape index (κ3) is 4.35. The molecular weight excluding hydrogens is 142 g/mol. The van der Waals surface area contributed by atoms with Crippen molar-refractivity contribution in [2.75, 3.05) is 33.4 Å². The molecule has 3 heteroatoms. The average molecular weight is 161 g/mol. The lowest BCUT2D eigenvalue weighted by atomic mass is 10.3. The summed E-state index contributed by atoms with van der Waals surface area (Å²) in [5.74, 6) is 0. The molecule has 0 fully saturated rings. The van der Waals surface area contributed by atoms with Crippen LogP contribution in [0.1, 0.15) is 13.8 Å². The fourth-order valence-corrected chi connectivity index (χ4v) is 1.17. The predicted octanol–water partition coefficient (Wildman–Crippen LogP) is 0.335. The average Bonchev–Trinajstić information content (AvgIpc) is 2.00. The van der Waals surface area contributed by atoms with Gasteiger partial charge in [-0.1, -0.05) is 6.92 Å². The summed E-state index contributed by atoms with van der Waals surface area (Å²) in [4.78, 5) is 2.18. The van der Waals surface area contributed by atoms with E-state index in [1.807, 2.05) is 0 Å². The van der Waals surface area contributed by atoms with Gasteiger partial charge in [-0.25, -0.2) is 0 Å². The maximum atomic E-state index is 8.70. The summed E-state index contributed by atoms with van der Waals surface area (Å²) in [5, 5.41) is 8.70. The lowest BCUT2D eigenvalue weighted by molar-refractivity contribution is 0.0890. The molecular formula is C8H19NO2. The van der Waals surface area contributed by atoms with Crippen LogP contribution in [0.25, 0.3) is 0 Å². The molecule has 0 saturated carbocycles. The Balaban J connectivity index is 3.61. The number of hydrogen-bond donors (Lipinski definition) is 1. The van der Waals surface area contributed by atoms with Gasteiger partial charge in [0.25, 0.3) is 0 Å². The maximum absolute atomic E-state index is 8.70. The van der Waals surface area contributed by atoms with Crippen LogP contribution < -0.4 is 0 Å². The topological polar surface area (TPSA) is 32.7 Å². The van der Waals surface area contributed by atoms with Crippen LogP contribution in [0.4, 0.5) is 0 Å². The zero-order valence-corrected chi connectivity index (χ0v) is 7.71. The second kappa shape index (κ2) is 6.58. The Morgan fingerprint density at radius 1 is 1.55 bits per heavy atom. The molecule has 0 heterocycles. The fourth-order valence-electron chi connectivity index (χ4n) is 1.17. The van der Waals surface area contributed by atoms with Gasteiger partial charge in [0.05, 0.1) is 13.2 Å². The van der Waals surface area contributed by atoms with Crippen molar-refractivity contribution in [2.24, 2.45) is 0 Å². The monoisotopic (exact) mass is 161 g/mol. The molecule has 1 atom stereocenters. The molecule has 0 aromatic heterocycles. The molecule has 0 rings (SSSR count). The third-order valence-electron chi connectivity index (χ3n) is 1.82. The standard InChI is InChI=1S/C8H19NO2/c1-4-9(5-6-10)8(2)7-11-3/h8,10H,4-7H2,1-3H3. The predicted molar refractivity (Wildman–Crippen MR) is 45.7 cm³/mol. The quantitative estimate of drug-likeness (QED) is 0.609. The molecule has 68 valence electrons. The van der Waals surface area contributed by atoms with Crippen LogP contribution in [0.2, 0.25) is 0 Å². The minimum atomic E-state index is 0.224. The van der Waals surface area contributed by atoms with Gasteiger partial charge >= 0.3 is 0 Å². The van der Waals surface area contributed by atoms with Crippen molar-refractivity contribution in [2.45, 2.75) is 19.9 Å². The van der Waals surface area contributed by atoms with Crippen molar-refractivity contribution in [1.82, 2.24) is 4.90 Å². The number of aliphatic hydroxyl groups is 1. The van der Waals surface area contributed by atoms with Gasteiger partial charge < -0.3 is 9.84 Å². The Hall–Kier alpha value is -0.120. The summed E-state index contributed by atoms with van der Waals surface area (Å²) < 4.78 is 5.01. The Bertz CT molecular complexity index is 88.2. The molecule has 3 nitrogen and oxygen atoms in total. The fraction of sp³-hybridized carbons (Fsp3) is 1.00. The molecule has 0 aliphatic carbocycles. The highest BCUT2D eigenvalue weighted by atomic mass is 16.5. The van der Waals surface area contributed by atoms with E-state index in [-0.39, 0.29) is 6.61 Å². The highest BCUT2D eigenvalue weighted by Crippen LogP contribution is 1.97. The summed E-state index contributed by atoms with van der Waals surface area (Å²) in [6.07, 6.45) is 0. The Kier molecular flexibility index (Phi) is 6.51. The van der Waals surface area contributed by atoms with Gasteiger partial charge in [-0.05, 0) is 13.5 Å². The first kappa shape index (κ1) is 10.9. The Morgan fingerprint density at radius 2 is 2.18 bits per heavy atom. The van der Waals surface area contributed by atoms with Crippen LogP contribution in [0.3, 0.4) is 0 Å². The number of hydrogen-bond acceptors (Lipinski definition) is 3. The maximum Gasteiger partial charge on any atom is 0.0615 e. The van der Waals surface area contributed by atoms with Gasteiger partial charge in [0.1, 0.15) is 0 Å². The SMILES string of the molecule is CCN(CCO)C(C)COC. The molecule has 0 saturated heterocycles. The van der Waals surface area contributed by atoms with E-state index in [9.17, 15) is 0 Å². The van der Waals surface area contributed by atoms with Crippen LogP contribution in [0, 0.1) is 0 Å². The Morgan fingerprint density at radius 3 is 2.55 bits per heavy atom. The summed E-state index contributed by atoms with van der Waals surface area (Å²) in [7, 11) is 1.70. The van der Waals surface area contributed by atoms with Crippen molar-refractivity contribution in [3.63, 3.8) is 0 Å². The number of rotatable bonds is 6. The van der Waals surface area contributed by atoms with Crippen LogP contribution >= 0.6 is 0 Å². The van der Waals surface area contributed by atoms with Gasteiger partial charge in [-0.2, -0.15) is 0 Å². The molecule has 1 unspecified atom stereocenters. The summed E-state index contributed by atoms with van der Waals surface area (Å²) >= 11 is 0. The first-order valence-corrected chi connectivity index (χ1v) is 4.10. The highest BCUT2D eigenvalue weighted by molar-refractivity contribution is 4.63.